The number of nitrogens with one attached hydrogen (secondary N) is 1. The fourth-order valence-corrected chi connectivity index (χ4v) is 6.37. The summed E-state index contributed by atoms with van der Waals surface area (Å²) in [5.74, 6) is 0.551. The highest BCUT2D eigenvalue weighted by Gasteiger charge is 2.31. The van der Waals surface area contributed by atoms with E-state index in [9.17, 15) is 16.8 Å². The van der Waals surface area contributed by atoms with Crippen molar-refractivity contribution < 1.29 is 16.8 Å². The zero-order valence-electron chi connectivity index (χ0n) is 16.2. The Hall–Kier alpha value is -2.41. The van der Waals surface area contributed by atoms with E-state index in [1.165, 1.54) is 40.7 Å². The summed E-state index contributed by atoms with van der Waals surface area (Å²) in [7, 11) is -7.64. The predicted molar refractivity (Wildman–Crippen MR) is 110 cm³/mol. The summed E-state index contributed by atoms with van der Waals surface area (Å²) in [5.41, 5.74) is 0.367. The zero-order valence-corrected chi connectivity index (χ0v) is 17.9. The van der Waals surface area contributed by atoms with E-state index in [1.807, 2.05) is 19.9 Å². The van der Waals surface area contributed by atoms with Crippen molar-refractivity contribution in [2.24, 2.45) is 11.8 Å². The van der Waals surface area contributed by atoms with Crippen molar-refractivity contribution in [3.8, 4) is 6.07 Å². The van der Waals surface area contributed by atoms with Gasteiger partial charge in [0.1, 0.15) is 6.07 Å². The number of sulfonamides is 2. The van der Waals surface area contributed by atoms with Gasteiger partial charge in [0, 0.05) is 13.1 Å². The van der Waals surface area contributed by atoms with Crippen molar-refractivity contribution in [1.29, 1.82) is 5.26 Å². The lowest BCUT2D eigenvalue weighted by Gasteiger charge is -2.34. The number of anilines is 1. The maximum atomic E-state index is 12.9. The minimum atomic E-state index is -3.96. The van der Waals surface area contributed by atoms with Gasteiger partial charge in [0.05, 0.1) is 21.0 Å². The monoisotopic (exact) mass is 433 g/mol. The SMILES string of the molecule is C[C@@H]1C[C@H](C)CN(S(=O)(=O)c2ccc(S(=O)(=O)Nc3ccccc3C#N)cc2)C1. The average molecular weight is 434 g/mol. The molecule has 1 saturated heterocycles. The van der Waals surface area contributed by atoms with Crippen LogP contribution in [0.1, 0.15) is 25.8 Å². The van der Waals surface area contributed by atoms with Crippen molar-refractivity contribution in [1.82, 2.24) is 4.31 Å². The Labute approximate surface area is 172 Å². The second kappa shape index (κ2) is 8.14. The van der Waals surface area contributed by atoms with Gasteiger partial charge in [-0.2, -0.15) is 9.57 Å². The van der Waals surface area contributed by atoms with Crippen LogP contribution in [0.4, 0.5) is 5.69 Å². The molecule has 1 heterocycles. The van der Waals surface area contributed by atoms with E-state index in [0.29, 0.717) is 13.1 Å². The molecule has 0 amide bonds. The molecule has 0 spiro atoms. The normalized spacial score (nSPS) is 20.7. The van der Waals surface area contributed by atoms with Crippen LogP contribution in [0.15, 0.2) is 58.3 Å². The van der Waals surface area contributed by atoms with Gasteiger partial charge in [-0.25, -0.2) is 16.8 Å². The van der Waals surface area contributed by atoms with Gasteiger partial charge in [0.15, 0.2) is 0 Å². The summed E-state index contributed by atoms with van der Waals surface area (Å²) >= 11 is 0. The molecule has 0 radical (unpaired) electrons. The van der Waals surface area contributed by atoms with Crippen LogP contribution in [0.3, 0.4) is 0 Å². The van der Waals surface area contributed by atoms with E-state index in [1.54, 1.807) is 12.1 Å². The minimum absolute atomic E-state index is 0.0650. The van der Waals surface area contributed by atoms with E-state index in [0.717, 1.165) is 6.42 Å². The van der Waals surface area contributed by atoms with E-state index < -0.39 is 20.0 Å². The Bertz CT molecular complexity index is 1130. The highest BCUT2D eigenvalue weighted by Crippen LogP contribution is 2.27. The fraction of sp³-hybridized carbons (Fsp3) is 0.350. The fourth-order valence-electron chi connectivity index (χ4n) is 3.62. The molecule has 2 aromatic rings. The summed E-state index contributed by atoms with van der Waals surface area (Å²) < 4.78 is 55.0. The minimum Gasteiger partial charge on any atom is -0.278 e. The molecule has 3 rings (SSSR count). The number of para-hydroxylation sites is 1. The zero-order chi connectivity index (χ0) is 21.2. The molecule has 1 fully saturated rings. The predicted octanol–water partition coefficient (Wildman–Crippen LogP) is 3.03. The first-order chi connectivity index (χ1) is 13.6. The van der Waals surface area contributed by atoms with Crippen LogP contribution in [-0.2, 0) is 20.0 Å². The second-order valence-electron chi connectivity index (χ2n) is 7.50. The van der Waals surface area contributed by atoms with E-state index >= 15 is 0 Å². The van der Waals surface area contributed by atoms with Crippen molar-refractivity contribution in [2.45, 2.75) is 30.1 Å². The van der Waals surface area contributed by atoms with Crippen LogP contribution in [-0.4, -0.2) is 34.2 Å². The van der Waals surface area contributed by atoms with Gasteiger partial charge in [0.2, 0.25) is 10.0 Å². The maximum Gasteiger partial charge on any atom is 0.261 e. The Morgan fingerprint density at radius 3 is 2.07 bits per heavy atom. The molecule has 2 aromatic carbocycles. The maximum absolute atomic E-state index is 12.9. The summed E-state index contributed by atoms with van der Waals surface area (Å²) in [5, 5.41) is 9.12. The molecule has 0 aliphatic carbocycles. The molecule has 7 nitrogen and oxygen atoms in total. The number of rotatable bonds is 5. The molecule has 2 atom stereocenters. The molecule has 0 unspecified atom stereocenters. The average Bonchev–Trinajstić information content (AvgIpc) is 2.67. The van der Waals surface area contributed by atoms with E-state index in [-0.39, 0.29) is 32.9 Å². The Morgan fingerprint density at radius 1 is 0.931 bits per heavy atom. The molecule has 1 aliphatic heterocycles. The molecule has 0 aromatic heterocycles. The first-order valence-corrected chi connectivity index (χ1v) is 12.2. The van der Waals surface area contributed by atoms with Gasteiger partial charge in [-0.15, -0.1) is 0 Å². The first kappa shape index (κ1) is 21.3. The van der Waals surface area contributed by atoms with Crippen molar-refractivity contribution in [3.63, 3.8) is 0 Å². The molecule has 0 saturated carbocycles. The van der Waals surface area contributed by atoms with Crippen LogP contribution < -0.4 is 4.72 Å². The summed E-state index contributed by atoms with van der Waals surface area (Å²) in [4.78, 5) is -0.0141. The lowest BCUT2D eigenvalue weighted by Crippen LogP contribution is -2.42. The summed E-state index contributed by atoms with van der Waals surface area (Å²) in [6.07, 6.45) is 0.985. The number of nitriles is 1. The second-order valence-corrected chi connectivity index (χ2v) is 11.1. The molecule has 0 bridgehead atoms. The van der Waals surface area contributed by atoms with Crippen LogP contribution in [0.25, 0.3) is 0 Å². The Kier molecular flexibility index (Phi) is 5.98. The number of benzene rings is 2. The van der Waals surface area contributed by atoms with Crippen LogP contribution >= 0.6 is 0 Å². The third-order valence-electron chi connectivity index (χ3n) is 4.90. The van der Waals surface area contributed by atoms with Gasteiger partial charge >= 0.3 is 0 Å². The largest absolute Gasteiger partial charge is 0.278 e. The summed E-state index contributed by atoms with van der Waals surface area (Å²) in [6, 6.07) is 13.3. The van der Waals surface area contributed by atoms with E-state index in [2.05, 4.69) is 4.72 Å². The third kappa shape index (κ3) is 4.61. The van der Waals surface area contributed by atoms with Crippen LogP contribution in [0, 0.1) is 23.2 Å². The number of piperidine rings is 1. The van der Waals surface area contributed by atoms with Crippen molar-refractivity contribution in [2.75, 3.05) is 17.8 Å². The summed E-state index contributed by atoms with van der Waals surface area (Å²) in [6.45, 7) is 4.97. The molecule has 1 N–H and O–H groups in total. The molecular formula is C20H23N3O4S2. The lowest BCUT2D eigenvalue weighted by atomic mass is 9.94. The smallest absolute Gasteiger partial charge is 0.261 e. The Morgan fingerprint density at radius 2 is 1.48 bits per heavy atom. The van der Waals surface area contributed by atoms with Crippen molar-refractivity contribution in [3.05, 3.63) is 54.1 Å². The van der Waals surface area contributed by atoms with Gasteiger partial charge in [0.25, 0.3) is 10.0 Å². The topological polar surface area (TPSA) is 107 Å². The quantitative estimate of drug-likeness (QED) is 0.780. The number of hydrogen-bond donors (Lipinski definition) is 1. The molecule has 154 valence electrons. The van der Waals surface area contributed by atoms with Crippen LogP contribution in [0.5, 0.6) is 0 Å². The van der Waals surface area contributed by atoms with Gasteiger partial charge in [-0.3, -0.25) is 4.72 Å². The molecule has 29 heavy (non-hydrogen) atoms. The standard InChI is InChI=1S/C20H23N3O4S2/c1-15-11-16(2)14-23(13-15)29(26,27)19-9-7-18(8-10-19)28(24,25)22-20-6-4-3-5-17(20)12-21/h3-10,15-16,22H,11,13-14H2,1-2H3/t15-,16+. The van der Waals surface area contributed by atoms with Crippen LogP contribution in [0.2, 0.25) is 0 Å². The lowest BCUT2D eigenvalue weighted by molar-refractivity contribution is 0.222. The Balaban J connectivity index is 1.85. The highest BCUT2D eigenvalue weighted by molar-refractivity contribution is 7.92. The molecule has 1 aliphatic rings. The van der Waals surface area contributed by atoms with E-state index in [4.69, 9.17) is 5.26 Å². The molecule has 9 heteroatoms. The molecular weight excluding hydrogens is 410 g/mol. The number of nitrogens with zero attached hydrogens (tertiary/aromatic N) is 2. The number of hydrogen-bond acceptors (Lipinski definition) is 5. The highest BCUT2D eigenvalue weighted by atomic mass is 32.2. The van der Waals surface area contributed by atoms with Crippen molar-refractivity contribution >= 4 is 25.7 Å². The van der Waals surface area contributed by atoms with Gasteiger partial charge < -0.3 is 0 Å². The first-order valence-electron chi connectivity index (χ1n) is 9.25. The van der Waals surface area contributed by atoms with Gasteiger partial charge in [-0.1, -0.05) is 26.0 Å². The third-order valence-corrected chi connectivity index (χ3v) is 8.13. The van der Waals surface area contributed by atoms with Gasteiger partial charge in [-0.05, 0) is 54.7 Å².